The predicted molar refractivity (Wildman–Crippen MR) is 64.4 cm³/mol. The van der Waals surface area contributed by atoms with Crippen molar-refractivity contribution in [2.75, 3.05) is 0 Å². The van der Waals surface area contributed by atoms with Crippen LogP contribution in [0.5, 0.6) is 0 Å². The minimum absolute atomic E-state index is 0.0924. The van der Waals surface area contributed by atoms with E-state index < -0.39 is 0 Å². The molecule has 2 rings (SSSR count). The van der Waals surface area contributed by atoms with E-state index >= 15 is 0 Å². The minimum Gasteiger partial charge on any atom is -0.246 e. The molecule has 0 atom stereocenters. The molecule has 0 spiro atoms. The van der Waals surface area contributed by atoms with Gasteiger partial charge < -0.3 is 0 Å². The fourth-order valence-electron chi connectivity index (χ4n) is 1.26. The van der Waals surface area contributed by atoms with Gasteiger partial charge in [0, 0.05) is 17.8 Å². The third kappa shape index (κ3) is 1.63. The van der Waals surface area contributed by atoms with Crippen molar-refractivity contribution in [3.8, 4) is 0 Å². The van der Waals surface area contributed by atoms with Gasteiger partial charge in [0.25, 0.3) is 0 Å². The zero-order chi connectivity index (χ0) is 10.3. The highest BCUT2D eigenvalue weighted by Crippen LogP contribution is 2.23. The van der Waals surface area contributed by atoms with E-state index in [0.717, 1.165) is 14.9 Å². The largest absolute Gasteiger partial charge is 0.246 e. The summed E-state index contributed by atoms with van der Waals surface area (Å²) in [6, 6.07) is 2.11. The van der Waals surface area contributed by atoms with Crippen molar-refractivity contribution in [1.29, 1.82) is 0 Å². The molecular formula is C10H12IN3. The number of aromatic nitrogens is 3. The van der Waals surface area contributed by atoms with Gasteiger partial charge in [-0.2, -0.15) is 5.10 Å². The van der Waals surface area contributed by atoms with E-state index in [-0.39, 0.29) is 5.41 Å². The third-order valence-electron chi connectivity index (χ3n) is 2.11. The molecule has 0 aliphatic rings. The lowest BCUT2D eigenvalue weighted by Gasteiger charge is -2.13. The molecule has 0 fully saturated rings. The molecule has 0 unspecified atom stereocenters. The van der Waals surface area contributed by atoms with Crippen LogP contribution >= 0.6 is 22.6 Å². The van der Waals surface area contributed by atoms with Crippen LogP contribution in [0.4, 0.5) is 0 Å². The summed E-state index contributed by atoms with van der Waals surface area (Å²) < 4.78 is 2.88. The Labute approximate surface area is 96.7 Å². The first-order chi connectivity index (χ1) is 6.48. The van der Waals surface area contributed by atoms with Gasteiger partial charge in [-0.25, -0.2) is 9.50 Å². The zero-order valence-corrected chi connectivity index (χ0v) is 10.6. The SMILES string of the molecule is CC(C)(C)c1cc2c(I)nccn2n1. The van der Waals surface area contributed by atoms with E-state index in [9.17, 15) is 0 Å². The number of hydrogen-bond donors (Lipinski definition) is 0. The monoisotopic (exact) mass is 301 g/mol. The molecule has 2 aromatic rings. The van der Waals surface area contributed by atoms with Gasteiger partial charge in [-0.1, -0.05) is 20.8 Å². The van der Waals surface area contributed by atoms with Crippen LogP contribution < -0.4 is 0 Å². The second-order valence-corrected chi connectivity index (χ2v) is 5.35. The molecule has 74 valence electrons. The molecule has 2 heterocycles. The lowest BCUT2D eigenvalue weighted by Crippen LogP contribution is -2.11. The summed E-state index contributed by atoms with van der Waals surface area (Å²) in [5.41, 5.74) is 2.27. The molecule has 0 radical (unpaired) electrons. The molecule has 0 bridgehead atoms. The van der Waals surface area contributed by atoms with Gasteiger partial charge in [0.1, 0.15) is 3.70 Å². The van der Waals surface area contributed by atoms with Crippen molar-refractivity contribution in [2.24, 2.45) is 0 Å². The Morgan fingerprint density at radius 2 is 2.07 bits per heavy atom. The molecule has 14 heavy (non-hydrogen) atoms. The van der Waals surface area contributed by atoms with Gasteiger partial charge in [-0.3, -0.25) is 0 Å². The summed E-state index contributed by atoms with van der Waals surface area (Å²) in [4.78, 5) is 4.23. The summed E-state index contributed by atoms with van der Waals surface area (Å²) in [6.45, 7) is 6.49. The minimum atomic E-state index is 0.0924. The zero-order valence-electron chi connectivity index (χ0n) is 8.45. The highest BCUT2D eigenvalue weighted by atomic mass is 127. The standard InChI is InChI=1S/C10H12IN3/c1-10(2,3)8-6-7-9(11)12-4-5-14(7)13-8/h4-6H,1-3H3. The number of fused-ring (bicyclic) bond motifs is 1. The van der Waals surface area contributed by atoms with Gasteiger partial charge in [0.2, 0.25) is 0 Å². The Kier molecular flexibility index (Phi) is 2.25. The fraction of sp³-hybridized carbons (Fsp3) is 0.400. The van der Waals surface area contributed by atoms with E-state index in [0.29, 0.717) is 0 Å². The summed E-state index contributed by atoms with van der Waals surface area (Å²) >= 11 is 2.23. The first kappa shape index (κ1) is 9.89. The van der Waals surface area contributed by atoms with E-state index in [2.05, 4.69) is 59.5 Å². The average Bonchev–Trinajstić information content (AvgIpc) is 2.48. The quantitative estimate of drug-likeness (QED) is 0.700. The van der Waals surface area contributed by atoms with Crippen LogP contribution in [0.2, 0.25) is 0 Å². The van der Waals surface area contributed by atoms with Gasteiger partial charge in [0.15, 0.2) is 0 Å². The highest BCUT2D eigenvalue weighted by molar-refractivity contribution is 14.1. The van der Waals surface area contributed by atoms with Gasteiger partial charge in [0.05, 0.1) is 11.2 Å². The van der Waals surface area contributed by atoms with E-state index in [1.807, 2.05) is 10.7 Å². The maximum Gasteiger partial charge on any atom is 0.127 e. The third-order valence-corrected chi connectivity index (χ3v) is 2.94. The van der Waals surface area contributed by atoms with Crippen LogP contribution in [0.1, 0.15) is 26.5 Å². The summed E-state index contributed by atoms with van der Waals surface area (Å²) in [6.07, 6.45) is 3.65. The molecule has 4 heteroatoms. The number of rotatable bonds is 0. The Balaban J connectivity index is 2.69. The fourth-order valence-corrected chi connectivity index (χ4v) is 1.82. The van der Waals surface area contributed by atoms with Crippen LogP contribution in [0, 0.1) is 3.70 Å². The molecule has 2 aromatic heterocycles. The molecule has 0 saturated carbocycles. The first-order valence-electron chi connectivity index (χ1n) is 4.49. The smallest absolute Gasteiger partial charge is 0.127 e. The number of nitrogens with zero attached hydrogens (tertiary/aromatic N) is 3. The van der Waals surface area contributed by atoms with Gasteiger partial charge in [-0.05, 0) is 28.7 Å². The Bertz CT molecular complexity index is 468. The Morgan fingerprint density at radius 3 is 2.64 bits per heavy atom. The Hall–Kier alpha value is -0.650. The van der Waals surface area contributed by atoms with Crippen LogP contribution in [0.3, 0.4) is 0 Å². The molecule has 0 aromatic carbocycles. The van der Waals surface area contributed by atoms with Crippen LogP contribution in [0.15, 0.2) is 18.5 Å². The maximum atomic E-state index is 4.52. The number of hydrogen-bond acceptors (Lipinski definition) is 2. The molecule has 0 N–H and O–H groups in total. The molecule has 0 saturated heterocycles. The van der Waals surface area contributed by atoms with Gasteiger partial charge >= 0.3 is 0 Å². The molecule has 0 aliphatic carbocycles. The van der Waals surface area contributed by atoms with Gasteiger partial charge in [-0.15, -0.1) is 0 Å². The van der Waals surface area contributed by atoms with E-state index in [4.69, 9.17) is 0 Å². The van der Waals surface area contributed by atoms with Crippen molar-refractivity contribution in [3.05, 3.63) is 27.9 Å². The normalized spacial score (nSPS) is 12.3. The molecule has 3 nitrogen and oxygen atoms in total. The lowest BCUT2D eigenvalue weighted by molar-refractivity contribution is 0.562. The maximum absolute atomic E-state index is 4.52. The topological polar surface area (TPSA) is 30.2 Å². The summed E-state index contributed by atoms with van der Waals surface area (Å²) in [5, 5.41) is 4.52. The molecular weight excluding hydrogens is 289 g/mol. The van der Waals surface area contributed by atoms with E-state index in [1.54, 1.807) is 6.20 Å². The summed E-state index contributed by atoms with van der Waals surface area (Å²) in [5.74, 6) is 0. The van der Waals surface area contributed by atoms with E-state index in [1.165, 1.54) is 0 Å². The van der Waals surface area contributed by atoms with Crippen LogP contribution in [-0.4, -0.2) is 14.6 Å². The van der Waals surface area contributed by atoms with Crippen molar-refractivity contribution < 1.29 is 0 Å². The predicted octanol–water partition coefficient (Wildman–Crippen LogP) is 2.63. The average molecular weight is 301 g/mol. The Morgan fingerprint density at radius 1 is 1.36 bits per heavy atom. The molecule has 0 amide bonds. The van der Waals surface area contributed by atoms with Crippen molar-refractivity contribution >= 4 is 28.1 Å². The second kappa shape index (κ2) is 3.18. The van der Waals surface area contributed by atoms with Crippen molar-refractivity contribution in [1.82, 2.24) is 14.6 Å². The van der Waals surface area contributed by atoms with Crippen molar-refractivity contribution in [3.63, 3.8) is 0 Å². The van der Waals surface area contributed by atoms with Crippen molar-refractivity contribution in [2.45, 2.75) is 26.2 Å². The lowest BCUT2D eigenvalue weighted by atomic mass is 9.92. The highest BCUT2D eigenvalue weighted by Gasteiger charge is 2.18. The summed E-state index contributed by atoms with van der Waals surface area (Å²) in [7, 11) is 0. The van der Waals surface area contributed by atoms with Crippen LogP contribution in [0.25, 0.3) is 5.52 Å². The second-order valence-electron chi connectivity index (χ2n) is 4.33. The first-order valence-corrected chi connectivity index (χ1v) is 5.57. The van der Waals surface area contributed by atoms with Crippen LogP contribution in [-0.2, 0) is 5.41 Å². The molecule has 0 aliphatic heterocycles. The number of halogens is 1.